The Morgan fingerprint density at radius 2 is 2.19 bits per heavy atom. The molecule has 0 radical (unpaired) electrons. The topological polar surface area (TPSA) is 75.4 Å². The number of imidazole rings is 1. The second kappa shape index (κ2) is 4.78. The number of carboxylic acids is 1. The Morgan fingerprint density at radius 1 is 1.56 bits per heavy atom. The number of hydrogen-bond acceptors (Lipinski definition) is 3. The van der Waals surface area contributed by atoms with Crippen LogP contribution in [0.4, 0.5) is 0 Å². The van der Waals surface area contributed by atoms with Crippen molar-refractivity contribution >= 4 is 11.9 Å². The van der Waals surface area contributed by atoms with E-state index in [0.717, 1.165) is 0 Å². The summed E-state index contributed by atoms with van der Waals surface area (Å²) in [5.41, 5.74) is 0.384. The molecule has 1 rings (SSSR count). The highest BCUT2D eigenvalue weighted by Gasteiger charge is 2.23. The van der Waals surface area contributed by atoms with Gasteiger partial charge in [0.1, 0.15) is 12.2 Å². The lowest BCUT2D eigenvalue weighted by Gasteiger charge is -2.24. The first-order valence-electron chi connectivity index (χ1n) is 4.92. The maximum atomic E-state index is 12.0. The number of carbonyl (C=O) groups is 2. The number of aromatic nitrogens is 2. The summed E-state index contributed by atoms with van der Waals surface area (Å²) < 4.78 is 1.57. The molecule has 0 spiro atoms. The highest BCUT2D eigenvalue weighted by Crippen LogP contribution is 2.07. The predicted molar refractivity (Wildman–Crippen MR) is 57.0 cm³/mol. The van der Waals surface area contributed by atoms with Crippen molar-refractivity contribution in [3.05, 3.63) is 18.2 Å². The van der Waals surface area contributed by atoms with Crippen LogP contribution in [0, 0.1) is 0 Å². The molecule has 0 saturated carbocycles. The third-order valence-corrected chi connectivity index (χ3v) is 2.23. The lowest BCUT2D eigenvalue weighted by atomic mass is 10.2. The van der Waals surface area contributed by atoms with Crippen LogP contribution in [-0.2, 0) is 11.8 Å². The standard InChI is InChI=1S/C10H15N3O3/c1-7(2)13(5-9(14)15)10(16)8-4-11-6-12(8)3/h4,6-7H,5H2,1-3H3,(H,14,15). The van der Waals surface area contributed by atoms with Crippen molar-refractivity contribution in [2.75, 3.05) is 6.54 Å². The number of hydrogen-bond donors (Lipinski definition) is 1. The van der Waals surface area contributed by atoms with Crippen LogP contribution in [0.3, 0.4) is 0 Å². The van der Waals surface area contributed by atoms with Crippen molar-refractivity contribution in [3.63, 3.8) is 0 Å². The van der Waals surface area contributed by atoms with Crippen molar-refractivity contribution in [1.82, 2.24) is 14.5 Å². The summed E-state index contributed by atoms with van der Waals surface area (Å²) in [6.07, 6.45) is 2.94. The lowest BCUT2D eigenvalue weighted by Crippen LogP contribution is -2.41. The summed E-state index contributed by atoms with van der Waals surface area (Å²) in [6.45, 7) is 3.25. The average Bonchev–Trinajstić information content (AvgIpc) is 2.59. The minimum absolute atomic E-state index is 0.168. The average molecular weight is 225 g/mol. The first-order chi connectivity index (χ1) is 7.43. The van der Waals surface area contributed by atoms with Gasteiger partial charge in [-0.25, -0.2) is 4.98 Å². The monoisotopic (exact) mass is 225 g/mol. The SMILES string of the molecule is CC(C)N(CC(=O)O)C(=O)c1cncn1C. The maximum Gasteiger partial charge on any atom is 0.323 e. The molecule has 1 amide bonds. The highest BCUT2D eigenvalue weighted by molar-refractivity contribution is 5.94. The van der Waals surface area contributed by atoms with Crippen LogP contribution in [0.5, 0.6) is 0 Å². The minimum atomic E-state index is -1.02. The van der Waals surface area contributed by atoms with Crippen LogP contribution in [0.2, 0.25) is 0 Å². The van der Waals surface area contributed by atoms with E-state index < -0.39 is 5.97 Å². The molecule has 6 nitrogen and oxygen atoms in total. The Balaban J connectivity index is 2.92. The van der Waals surface area contributed by atoms with Gasteiger partial charge in [0, 0.05) is 13.1 Å². The molecule has 0 unspecified atom stereocenters. The van der Waals surface area contributed by atoms with Gasteiger partial charge in [-0.05, 0) is 13.8 Å². The number of carboxylic acid groups (broad SMARTS) is 1. The Bertz CT molecular complexity index is 398. The Morgan fingerprint density at radius 3 is 2.56 bits per heavy atom. The van der Waals surface area contributed by atoms with Crippen LogP contribution >= 0.6 is 0 Å². The number of rotatable bonds is 4. The van der Waals surface area contributed by atoms with Crippen molar-refractivity contribution in [2.24, 2.45) is 7.05 Å². The zero-order valence-corrected chi connectivity index (χ0v) is 9.54. The molecule has 0 atom stereocenters. The molecular weight excluding hydrogens is 210 g/mol. The molecule has 0 aromatic carbocycles. The van der Waals surface area contributed by atoms with Gasteiger partial charge in [0.05, 0.1) is 12.5 Å². The number of carbonyl (C=O) groups excluding carboxylic acids is 1. The molecule has 0 saturated heterocycles. The van der Waals surface area contributed by atoms with E-state index in [4.69, 9.17) is 5.11 Å². The second-order valence-corrected chi connectivity index (χ2v) is 3.81. The highest BCUT2D eigenvalue weighted by atomic mass is 16.4. The summed E-state index contributed by atoms with van der Waals surface area (Å²) in [4.78, 5) is 27.8. The second-order valence-electron chi connectivity index (χ2n) is 3.81. The zero-order chi connectivity index (χ0) is 12.3. The number of amides is 1. The third-order valence-electron chi connectivity index (χ3n) is 2.23. The van der Waals surface area contributed by atoms with Crippen LogP contribution in [-0.4, -0.2) is 44.0 Å². The number of nitrogens with zero attached hydrogens (tertiary/aromatic N) is 3. The predicted octanol–water partition coefficient (Wildman–Crippen LogP) is 0.355. The van der Waals surface area contributed by atoms with E-state index in [1.807, 2.05) is 0 Å². The van der Waals surface area contributed by atoms with Crippen molar-refractivity contribution in [2.45, 2.75) is 19.9 Å². The largest absolute Gasteiger partial charge is 0.480 e. The van der Waals surface area contributed by atoms with Crippen LogP contribution in [0.15, 0.2) is 12.5 Å². The molecule has 1 N–H and O–H groups in total. The van der Waals surface area contributed by atoms with E-state index in [0.29, 0.717) is 5.69 Å². The van der Waals surface area contributed by atoms with Crippen molar-refractivity contribution < 1.29 is 14.7 Å². The molecule has 1 heterocycles. The van der Waals surface area contributed by atoms with Crippen LogP contribution in [0.1, 0.15) is 24.3 Å². The molecule has 0 bridgehead atoms. The first-order valence-corrected chi connectivity index (χ1v) is 4.92. The van der Waals surface area contributed by atoms with Crippen LogP contribution < -0.4 is 0 Å². The molecule has 1 aromatic rings. The molecule has 16 heavy (non-hydrogen) atoms. The summed E-state index contributed by atoms with van der Waals surface area (Å²) >= 11 is 0. The Hall–Kier alpha value is -1.85. The van der Waals surface area contributed by atoms with Crippen molar-refractivity contribution in [3.8, 4) is 0 Å². The van der Waals surface area contributed by atoms with E-state index in [1.54, 1.807) is 25.5 Å². The summed E-state index contributed by atoms with van der Waals surface area (Å²) in [7, 11) is 1.69. The zero-order valence-electron chi connectivity index (χ0n) is 9.54. The van der Waals surface area contributed by atoms with Crippen molar-refractivity contribution in [1.29, 1.82) is 0 Å². The molecule has 6 heteroatoms. The Labute approximate surface area is 93.5 Å². The third kappa shape index (κ3) is 2.59. The number of aryl methyl sites for hydroxylation is 1. The van der Waals surface area contributed by atoms with Gasteiger partial charge in [-0.2, -0.15) is 0 Å². The van der Waals surface area contributed by atoms with Gasteiger partial charge < -0.3 is 14.6 Å². The normalized spacial score (nSPS) is 10.5. The Kier molecular flexibility index (Phi) is 3.65. The van der Waals surface area contributed by atoms with Gasteiger partial charge in [-0.3, -0.25) is 9.59 Å². The molecule has 0 aliphatic rings. The quantitative estimate of drug-likeness (QED) is 0.802. The van der Waals surface area contributed by atoms with Gasteiger partial charge in [0.25, 0.3) is 5.91 Å². The molecule has 0 aliphatic heterocycles. The van der Waals surface area contributed by atoms with E-state index in [1.165, 1.54) is 17.4 Å². The van der Waals surface area contributed by atoms with Gasteiger partial charge >= 0.3 is 5.97 Å². The van der Waals surface area contributed by atoms with Gasteiger partial charge in [-0.15, -0.1) is 0 Å². The fraction of sp³-hybridized carbons (Fsp3) is 0.500. The fourth-order valence-electron chi connectivity index (χ4n) is 1.35. The van der Waals surface area contributed by atoms with Crippen LogP contribution in [0.25, 0.3) is 0 Å². The smallest absolute Gasteiger partial charge is 0.323 e. The van der Waals surface area contributed by atoms with Gasteiger partial charge in [0.15, 0.2) is 0 Å². The fourth-order valence-corrected chi connectivity index (χ4v) is 1.35. The maximum absolute atomic E-state index is 12.0. The van der Waals surface area contributed by atoms with E-state index >= 15 is 0 Å². The van der Waals surface area contributed by atoms with E-state index in [-0.39, 0.29) is 18.5 Å². The molecule has 0 fully saturated rings. The minimum Gasteiger partial charge on any atom is -0.480 e. The summed E-state index contributed by atoms with van der Waals surface area (Å²) in [6, 6.07) is -0.168. The molecule has 0 aliphatic carbocycles. The molecule has 1 aromatic heterocycles. The summed E-state index contributed by atoms with van der Waals surface area (Å²) in [5.74, 6) is -1.35. The van der Waals surface area contributed by atoms with E-state index in [2.05, 4.69) is 4.98 Å². The first kappa shape index (κ1) is 12.2. The molecular formula is C10H15N3O3. The van der Waals surface area contributed by atoms with E-state index in [9.17, 15) is 9.59 Å². The summed E-state index contributed by atoms with van der Waals surface area (Å²) in [5, 5.41) is 8.73. The lowest BCUT2D eigenvalue weighted by molar-refractivity contribution is -0.138. The number of aliphatic carboxylic acids is 1. The van der Waals surface area contributed by atoms with Gasteiger partial charge in [0.2, 0.25) is 0 Å². The molecule has 88 valence electrons. The van der Waals surface area contributed by atoms with Gasteiger partial charge in [-0.1, -0.05) is 0 Å².